The zero-order valence-corrected chi connectivity index (χ0v) is 19.7. The Morgan fingerprint density at radius 2 is 1.88 bits per heavy atom. The average Bonchev–Trinajstić information content (AvgIpc) is 3.24. The van der Waals surface area contributed by atoms with Crippen LogP contribution in [0, 0.1) is 5.92 Å². The molecule has 1 unspecified atom stereocenters. The maximum absolute atomic E-state index is 13.9. The first kappa shape index (κ1) is 23.7. The van der Waals surface area contributed by atoms with E-state index >= 15 is 0 Å². The Hall–Kier alpha value is -3.40. The third-order valence-electron chi connectivity index (χ3n) is 6.85. The lowest BCUT2D eigenvalue weighted by atomic mass is 9.86. The van der Waals surface area contributed by atoms with Crippen LogP contribution >= 0.6 is 0 Å². The fourth-order valence-electron chi connectivity index (χ4n) is 5.11. The highest BCUT2D eigenvalue weighted by atomic mass is 16.4. The number of aliphatic hydroxyl groups is 1. The normalized spacial score (nSPS) is 22.5. The summed E-state index contributed by atoms with van der Waals surface area (Å²) >= 11 is 0. The third kappa shape index (κ3) is 3.53. The molecule has 0 bridgehead atoms. The van der Waals surface area contributed by atoms with Gasteiger partial charge in [0, 0.05) is 17.4 Å². The van der Waals surface area contributed by atoms with Gasteiger partial charge in [0.05, 0.1) is 11.8 Å². The summed E-state index contributed by atoms with van der Waals surface area (Å²) in [7, 11) is 0. The van der Waals surface area contributed by atoms with E-state index in [4.69, 9.17) is 0 Å². The molecule has 0 radical (unpaired) electrons. The molecule has 2 aliphatic heterocycles. The number of urea groups is 1. The van der Waals surface area contributed by atoms with E-state index in [1.165, 1.54) is 11.8 Å². The molecule has 4 amide bonds. The molecule has 1 aromatic carbocycles. The van der Waals surface area contributed by atoms with Crippen molar-refractivity contribution in [3.05, 3.63) is 35.5 Å². The van der Waals surface area contributed by atoms with Crippen molar-refractivity contribution in [2.75, 3.05) is 6.54 Å². The highest BCUT2D eigenvalue weighted by molar-refractivity contribution is 6.11. The van der Waals surface area contributed by atoms with Crippen LogP contribution in [0.3, 0.4) is 0 Å². The molecule has 182 valence electrons. The molecule has 0 spiro atoms. The van der Waals surface area contributed by atoms with Crippen molar-refractivity contribution >= 4 is 34.7 Å². The van der Waals surface area contributed by atoms with Gasteiger partial charge in [-0.15, -0.1) is 0 Å². The highest BCUT2D eigenvalue weighted by Crippen LogP contribution is 2.44. The number of fused-ring (bicyclic) bond motifs is 5. The van der Waals surface area contributed by atoms with Crippen molar-refractivity contribution in [3.63, 3.8) is 0 Å². The zero-order valence-electron chi connectivity index (χ0n) is 19.7. The minimum absolute atomic E-state index is 0.0692. The first-order valence-corrected chi connectivity index (χ1v) is 11.4. The Balaban J connectivity index is 1.74. The van der Waals surface area contributed by atoms with Gasteiger partial charge in [-0.1, -0.05) is 32.0 Å². The van der Waals surface area contributed by atoms with Crippen molar-refractivity contribution in [2.45, 2.75) is 64.3 Å². The number of carbonyl (C=O) groups is 4. The number of aromatic amines is 1. The zero-order chi connectivity index (χ0) is 24.9. The number of nitrogens with one attached hydrogen (secondary N) is 2. The molecule has 2 aromatic rings. The quantitative estimate of drug-likeness (QED) is 0.453. The molecule has 4 N–H and O–H groups in total. The topological polar surface area (TPSA) is 143 Å². The van der Waals surface area contributed by atoms with Crippen LogP contribution in [0.2, 0.25) is 0 Å². The lowest BCUT2D eigenvalue weighted by Gasteiger charge is -2.36. The predicted octanol–water partition coefficient (Wildman–Crippen LogP) is 1.57. The summed E-state index contributed by atoms with van der Waals surface area (Å²) in [4.78, 5) is 57.9. The van der Waals surface area contributed by atoms with Crippen molar-refractivity contribution in [2.24, 2.45) is 5.92 Å². The summed E-state index contributed by atoms with van der Waals surface area (Å²) in [5.74, 6) is -2.79. The molecule has 3 heterocycles. The van der Waals surface area contributed by atoms with Gasteiger partial charge in [0.1, 0.15) is 6.04 Å². The number of aromatic nitrogens is 1. The maximum atomic E-state index is 13.9. The van der Waals surface area contributed by atoms with Crippen LogP contribution in [0.25, 0.3) is 10.9 Å². The molecule has 0 aliphatic carbocycles. The van der Waals surface area contributed by atoms with Crippen molar-refractivity contribution < 1.29 is 29.4 Å². The van der Waals surface area contributed by atoms with E-state index in [2.05, 4.69) is 10.3 Å². The van der Waals surface area contributed by atoms with Gasteiger partial charge in [-0.3, -0.25) is 9.59 Å². The number of nitrogens with zero attached hydrogens (tertiary/aromatic N) is 2. The molecule has 1 aromatic heterocycles. The Morgan fingerprint density at radius 3 is 2.50 bits per heavy atom. The minimum atomic E-state index is -1.56. The van der Waals surface area contributed by atoms with Gasteiger partial charge in [-0.25, -0.2) is 14.5 Å². The summed E-state index contributed by atoms with van der Waals surface area (Å²) < 4.78 is 0. The summed E-state index contributed by atoms with van der Waals surface area (Å²) in [6.45, 7) is 6.94. The van der Waals surface area contributed by atoms with Crippen LogP contribution in [-0.4, -0.2) is 73.5 Å². The highest BCUT2D eigenvalue weighted by Gasteiger charge is 2.60. The number of amides is 4. The van der Waals surface area contributed by atoms with Crippen LogP contribution in [0.5, 0.6) is 0 Å². The number of carbonyl (C=O) groups excluding carboxylic acids is 3. The number of imide groups is 1. The summed E-state index contributed by atoms with van der Waals surface area (Å²) in [6.07, 6.45) is -0.644. The number of para-hydroxylation sites is 1. The Bertz CT molecular complexity index is 1170. The number of carboxylic acid groups (broad SMARTS) is 1. The number of rotatable bonds is 7. The van der Waals surface area contributed by atoms with E-state index in [-0.39, 0.29) is 12.3 Å². The number of aliphatic carboxylic acids is 1. The second-order valence-electron chi connectivity index (χ2n) is 9.67. The summed E-state index contributed by atoms with van der Waals surface area (Å²) in [5, 5.41) is 22.5. The fraction of sp³-hybridized carbons (Fsp3) is 0.500. The fourth-order valence-corrected chi connectivity index (χ4v) is 5.11. The lowest BCUT2D eigenvalue weighted by molar-refractivity contribution is -0.146. The van der Waals surface area contributed by atoms with Crippen molar-refractivity contribution in [1.29, 1.82) is 0 Å². The summed E-state index contributed by atoms with van der Waals surface area (Å²) in [6, 6.07) is 4.34. The Morgan fingerprint density at radius 1 is 1.21 bits per heavy atom. The second-order valence-corrected chi connectivity index (χ2v) is 9.67. The largest absolute Gasteiger partial charge is 0.480 e. The smallest absolute Gasteiger partial charge is 0.328 e. The van der Waals surface area contributed by atoms with Crippen LogP contribution in [0.1, 0.15) is 45.4 Å². The van der Waals surface area contributed by atoms with Crippen LogP contribution in [-0.2, 0) is 26.3 Å². The first-order valence-electron chi connectivity index (χ1n) is 11.4. The standard InChI is InChI=1S/C24H30N4O6/c1-12(2)11-17(20(30)26-18(13(3)29)21(31)32)28-22(33)24(4)19-15(9-10-27(24)23(28)34)14-7-5-6-8-16(14)25-19/h5-8,12-13,17-18,25,29H,9-11H2,1-4H3,(H,26,30)(H,31,32)/t13?,17-,18+,24+/m1/s1. The monoisotopic (exact) mass is 470 g/mol. The molecule has 34 heavy (non-hydrogen) atoms. The molecular formula is C24H30N4O6. The van der Waals surface area contributed by atoms with Gasteiger partial charge in [-0.2, -0.15) is 0 Å². The molecular weight excluding hydrogens is 440 g/mol. The molecule has 1 saturated heterocycles. The lowest BCUT2D eigenvalue weighted by Crippen LogP contribution is -2.56. The van der Waals surface area contributed by atoms with Gasteiger partial charge >= 0.3 is 12.0 Å². The molecule has 10 heteroatoms. The molecule has 4 atom stereocenters. The van der Waals surface area contributed by atoms with Crippen LogP contribution in [0.15, 0.2) is 24.3 Å². The maximum Gasteiger partial charge on any atom is 0.328 e. The molecule has 10 nitrogen and oxygen atoms in total. The van der Waals surface area contributed by atoms with Gasteiger partial charge < -0.3 is 25.4 Å². The van der Waals surface area contributed by atoms with E-state index < -0.39 is 47.5 Å². The number of aliphatic hydroxyl groups excluding tert-OH is 1. The first-order chi connectivity index (χ1) is 16.0. The van der Waals surface area contributed by atoms with Crippen molar-refractivity contribution in [3.8, 4) is 0 Å². The third-order valence-corrected chi connectivity index (χ3v) is 6.85. The van der Waals surface area contributed by atoms with Gasteiger partial charge in [0.2, 0.25) is 5.91 Å². The van der Waals surface area contributed by atoms with E-state index in [1.807, 2.05) is 38.1 Å². The van der Waals surface area contributed by atoms with Crippen molar-refractivity contribution in [1.82, 2.24) is 20.1 Å². The van der Waals surface area contributed by atoms with Crippen LogP contribution < -0.4 is 5.32 Å². The molecule has 2 aliphatic rings. The second kappa shape index (κ2) is 8.43. The average molecular weight is 471 g/mol. The SMILES string of the molecule is CC(C)C[C@H](C(=O)N[C@H](C(=O)O)C(C)O)N1C(=O)N2CCc3c([nH]c4ccccc34)[C@@]2(C)C1=O. The predicted molar refractivity (Wildman–Crippen MR) is 123 cm³/mol. The van der Waals surface area contributed by atoms with E-state index in [9.17, 15) is 29.4 Å². The molecule has 1 fully saturated rings. The Labute approximate surface area is 196 Å². The van der Waals surface area contributed by atoms with Gasteiger partial charge in [0.25, 0.3) is 5.91 Å². The van der Waals surface area contributed by atoms with Gasteiger partial charge in [-0.05, 0) is 44.2 Å². The number of hydrogen-bond acceptors (Lipinski definition) is 5. The Kier molecular flexibility index (Phi) is 5.89. The van der Waals surface area contributed by atoms with E-state index in [0.29, 0.717) is 18.7 Å². The number of benzene rings is 1. The number of carboxylic acids is 1. The number of H-pyrrole nitrogens is 1. The molecule has 4 rings (SSSR count). The minimum Gasteiger partial charge on any atom is -0.480 e. The molecule has 0 saturated carbocycles. The summed E-state index contributed by atoms with van der Waals surface area (Å²) in [5.41, 5.74) is 1.17. The van der Waals surface area contributed by atoms with E-state index in [0.717, 1.165) is 21.4 Å². The van der Waals surface area contributed by atoms with E-state index in [1.54, 1.807) is 6.92 Å². The van der Waals surface area contributed by atoms with Crippen LogP contribution in [0.4, 0.5) is 4.79 Å². The van der Waals surface area contributed by atoms with Gasteiger partial charge in [0.15, 0.2) is 11.6 Å². The number of hydrogen-bond donors (Lipinski definition) is 4.